The first-order valence-electron chi connectivity index (χ1n) is 9.82. The summed E-state index contributed by atoms with van der Waals surface area (Å²) in [7, 11) is 0. The number of piperidine rings is 1. The number of likely N-dealkylation sites (tertiary alicyclic amines) is 1. The van der Waals surface area contributed by atoms with Crippen molar-refractivity contribution in [2.45, 2.75) is 58.5 Å². The van der Waals surface area contributed by atoms with Gasteiger partial charge >= 0.3 is 6.03 Å². The predicted molar refractivity (Wildman–Crippen MR) is 104 cm³/mol. The highest BCUT2D eigenvalue weighted by molar-refractivity contribution is 5.99. The molecule has 1 saturated heterocycles. The van der Waals surface area contributed by atoms with E-state index >= 15 is 0 Å². The molecular weight excluding hydrogens is 342 g/mol. The van der Waals surface area contributed by atoms with Crippen molar-refractivity contribution in [2.75, 3.05) is 13.1 Å². The fraction of sp³-hybridized carbons (Fsp3) is 0.571. The minimum atomic E-state index is -0.408. The van der Waals surface area contributed by atoms with Crippen LogP contribution in [0.1, 0.15) is 54.1 Å². The highest BCUT2D eigenvalue weighted by Crippen LogP contribution is 2.25. The summed E-state index contributed by atoms with van der Waals surface area (Å²) in [6.45, 7) is 7.18. The molecule has 27 heavy (non-hydrogen) atoms. The van der Waals surface area contributed by atoms with Crippen molar-refractivity contribution in [3.8, 4) is 0 Å². The van der Waals surface area contributed by atoms with Crippen LogP contribution in [0.15, 0.2) is 18.2 Å². The molecule has 0 unspecified atom stereocenters. The van der Waals surface area contributed by atoms with Crippen molar-refractivity contribution in [2.24, 2.45) is 5.92 Å². The molecule has 0 radical (unpaired) electrons. The van der Waals surface area contributed by atoms with Gasteiger partial charge in [0.25, 0.3) is 0 Å². The molecule has 1 aliphatic heterocycles. The predicted octanol–water partition coefficient (Wildman–Crippen LogP) is 2.57. The molecular formula is C21H29N3O3. The van der Waals surface area contributed by atoms with Gasteiger partial charge in [-0.2, -0.15) is 0 Å². The molecule has 6 heteroatoms. The Bertz CT molecular complexity index is 734. The second kappa shape index (κ2) is 8.21. The third kappa shape index (κ3) is 4.95. The van der Waals surface area contributed by atoms with Crippen LogP contribution in [-0.4, -0.2) is 47.8 Å². The van der Waals surface area contributed by atoms with E-state index in [0.29, 0.717) is 13.1 Å². The maximum Gasteiger partial charge on any atom is 0.321 e. The van der Waals surface area contributed by atoms with E-state index in [1.54, 1.807) is 0 Å². The van der Waals surface area contributed by atoms with Crippen LogP contribution in [0.4, 0.5) is 4.79 Å². The van der Waals surface area contributed by atoms with E-state index in [4.69, 9.17) is 0 Å². The van der Waals surface area contributed by atoms with Crippen LogP contribution in [0.25, 0.3) is 0 Å². The molecule has 1 saturated carbocycles. The first-order valence-corrected chi connectivity index (χ1v) is 9.82. The Kier molecular flexibility index (Phi) is 5.95. The number of carbonyl (C=O) groups excluding carboxylic acids is 3. The molecule has 3 amide bonds. The highest BCUT2D eigenvalue weighted by Gasteiger charge is 2.31. The Hall–Kier alpha value is -2.21. The first-order chi connectivity index (χ1) is 12.8. The largest absolute Gasteiger partial charge is 0.335 e. The van der Waals surface area contributed by atoms with Gasteiger partial charge in [0.15, 0.2) is 5.78 Å². The van der Waals surface area contributed by atoms with Crippen molar-refractivity contribution in [1.29, 1.82) is 0 Å². The molecule has 0 spiro atoms. The van der Waals surface area contributed by atoms with Gasteiger partial charge in [-0.1, -0.05) is 23.8 Å². The maximum atomic E-state index is 12.8. The number of imide groups is 1. The minimum absolute atomic E-state index is 0.00363. The lowest BCUT2D eigenvalue weighted by molar-refractivity contribution is -0.125. The van der Waals surface area contributed by atoms with Gasteiger partial charge in [0.1, 0.15) is 0 Å². The topological polar surface area (TPSA) is 78.5 Å². The Morgan fingerprint density at radius 2 is 1.74 bits per heavy atom. The molecule has 1 aliphatic carbocycles. The number of rotatable bonds is 5. The Labute approximate surface area is 160 Å². The van der Waals surface area contributed by atoms with Gasteiger partial charge in [0.2, 0.25) is 5.91 Å². The highest BCUT2D eigenvalue weighted by atomic mass is 16.2. The number of amides is 3. The summed E-state index contributed by atoms with van der Waals surface area (Å²) >= 11 is 0. The van der Waals surface area contributed by atoms with Crippen molar-refractivity contribution >= 4 is 17.7 Å². The zero-order valence-electron chi connectivity index (χ0n) is 16.4. The minimum Gasteiger partial charge on any atom is -0.335 e. The number of ketones is 1. The number of urea groups is 1. The van der Waals surface area contributed by atoms with Crippen molar-refractivity contribution < 1.29 is 14.4 Å². The van der Waals surface area contributed by atoms with E-state index in [2.05, 4.69) is 10.6 Å². The van der Waals surface area contributed by atoms with Gasteiger partial charge < -0.3 is 5.32 Å². The number of hydrogen-bond donors (Lipinski definition) is 2. The standard InChI is InChI=1S/C21H29N3O3/c1-13-4-7-18(14(2)12-13)19(25)16-8-10-24(11-9-16)15(3)20(26)23-21(27)22-17-5-6-17/h4,7,12,15-17H,5-6,8-11H2,1-3H3,(H2,22,23,26,27)/t15-/m0/s1. The number of nitrogens with zero attached hydrogens (tertiary/aromatic N) is 1. The van der Waals surface area contributed by atoms with Crippen LogP contribution in [0.3, 0.4) is 0 Å². The zero-order chi connectivity index (χ0) is 19.6. The lowest BCUT2D eigenvalue weighted by Crippen LogP contribution is -2.52. The van der Waals surface area contributed by atoms with Crippen LogP contribution in [0.2, 0.25) is 0 Å². The third-order valence-electron chi connectivity index (χ3n) is 5.62. The van der Waals surface area contributed by atoms with E-state index in [1.807, 2.05) is 43.9 Å². The molecule has 6 nitrogen and oxygen atoms in total. The Morgan fingerprint density at radius 3 is 2.33 bits per heavy atom. The SMILES string of the molecule is Cc1ccc(C(=O)C2CCN([C@@H](C)C(=O)NC(=O)NC3CC3)CC2)c(C)c1. The van der Waals surface area contributed by atoms with Gasteiger partial charge in [0.05, 0.1) is 6.04 Å². The number of Topliss-reactive ketones (excluding diaryl/α,β-unsaturated/α-hetero) is 1. The molecule has 1 heterocycles. The summed E-state index contributed by atoms with van der Waals surface area (Å²) in [5.74, 6) is -0.0866. The molecule has 0 aromatic heterocycles. The normalized spacial score (nSPS) is 19.4. The van der Waals surface area contributed by atoms with Crippen LogP contribution >= 0.6 is 0 Å². The molecule has 1 aromatic rings. The summed E-state index contributed by atoms with van der Waals surface area (Å²) < 4.78 is 0. The summed E-state index contributed by atoms with van der Waals surface area (Å²) in [5, 5.41) is 5.18. The zero-order valence-corrected chi connectivity index (χ0v) is 16.4. The molecule has 3 rings (SSSR count). The fourth-order valence-electron chi connectivity index (χ4n) is 3.69. The van der Waals surface area contributed by atoms with Crippen LogP contribution < -0.4 is 10.6 Å². The maximum absolute atomic E-state index is 12.8. The summed E-state index contributed by atoms with van der Waals surface area (Å²) in [4.78, 5) is 38.9. The molecule has 1 atom stereocenters. The lowest BCUT2D eigenvalue weighted by Gasteiger charge is -2.34. The van der Waals surface area contributed by atoms with E-state index in [0.717, 1.165) is 42.4 Å². The molecule has 2 fully saturated rings. The molecule has 2 aliphatic rings. The van der Waals surface area contributed by atoms with Crippen molar-refractivity contribution in [3.63, 3.8) is 0 Å². The fourth-order valence-corrected chi connectivity index (χ4v) is 3.69. The smallest absolute Gasteiger partial charge is 0.321 e. The molecule has 0 bridgehead atoms. The van der Waals surface area contributed by atoms with E-state index < -0.39 is 6.03 Å². The average molecular weight is 371 g/mol. The number of hydrogen-bond acceptors (Lipinski definition) is 4. The second-order valence-corrected chi connectivity index (χ2v) is 7.91. The van der Waals surface area contributed by atoms with Gasteiger partial charge in [-0.25, -0.2) is 4.79 Å². The van der Waals surface area contributed by atoms with E-state index in [9.17, 15) is 14.4 Å². The van der Waals surface area contributed by atoms with Gasteiger partial charge in [-0.15, -0.1) is 0 Å². The van der Waals surface area contributed by atoms with E-state index in [-0.39, 0.29) is 29.7 Å². The van der Waals surface area contributed by atoms with Crippen LogP contribution in [-0.2, 0) is 4.79 Å². The lowest BCUT2D eigenvalue weighted by atomic mass is 9.86. The van der Waals surface area contributed by atoms with Crippen LogP contribution in [0.5, 0.6) is 0 Å². The van der Waals surface area contributed by atoms with E-state index in [1.165, 1.54) is 0 Å². The van der Waals surface area contributed by atoms with Gasteiger partial charge in [0, 0.05) is 17.5 Å². The number of carbonyl (C=O) groups is 3. The van der Waals surface area contributed by atoms with Crippen molar-refractivity contribution in [1.82, 2.24) is 15.5 Å². The average Bonchev–Trinajstić information content (AvgIpc) is 3.44. The monoisotopic (exact) mass is 371 g/mol. The summed E-state index contributed by atoms with van der Waals surface area (Å²) in [6, 6.07) is 5.38. The second-order valence-electron chi connectivity index (χ2n) is 7.91. The number of benzene rings is 1. The Morgan fingerprint density at radius 1 is 1.07 bits per heavy atom. The quantitative estimate of drug-likeness (QED) is 0.780. The third-order valence-corrected chi connectivity index (χ3v) is 5.62. The number of aryl methyl sites for hydroxylation is 2. The Balaban J connectivity index is 1.50. The van der Waals surface area contributed by atoms with Crippen LogP contribution in [0, 0.1) is 19.8 Å². The number of nitrogens with one attached hydrogen (secondary N) is 2. The summed E-state index contributed by atoms with van der Waals surface area (Å²) in [6.07, 6.45) is 3.44. The molecule has 146 valence electrons. The molecule has 1 aromatic carbocycles. The van der Waals surface area contributed by atoms with Gasteiger partial charge in [-0.05, 0) is 65.1 Å². The summed E-state index contributed by atoms with van der Waals surface area (Å²) in [5.41, 5.74) is 2.99. The molecule has 2 N–H and O–H groups in total. The van der Waals surface area contributed by atoms with Crippen molar-refractivity contribution in [3.05, 3.63) is 34.9 Å². The van der Waals surface area contributed by atoms with Gasteiger partial charge in [-0.3, -0.25) is 19.8 Å². The first kappa shape index (κ1) is 19.5.